The number of rotatable bonds is 5. The lowest BCUT2D eigenvalue weighted by Crippen LogP contribution is -2.42. The van der Waals surface area contributed by atoms with Crippen LogP contribution in [-0.4, -0.2) is 74.3 Å². The summed E-state index contributed by atoms with van der Waals surface area (Å²) in [4.78, 5) is 15.4. The van der Waals surface area contributed by atoms with Crippen LogP contribution in [0.4, 0.5) is 16.3 Å². The average Bonchev–Trinajstić information content (AvgIpc) is 3.40. The van der Waals surface area contributed by atoms with Crippen LogP contribution in [0.15, 0.2) is 18.3 Å². The van der Waals surface area contributed by atoms with Crippen LogP contribution in [0.25, 0.3) is 22.3 Å². The number of aliphatic hydroxyl groups is 2. The topological polar surface area (TPSA) is 109 Å². The molecule has 3 N–H and O–H groups in total. The second-order valence-electron chi connectivity index (χ2n) is 9.16. The number of aromatic nitrogens is 4. The molecule has 0 aliphatic carbocycles. The molecule has 182 valence electrons. The number of nitrogens with zero attached hydrogens (tertiary/aromatic N) is 5. The molecule has 0 radical (unpaired) electrons. The van der Waals surface area contributed by atoms with Gasteiger partial charge in [-0.3, -0.25) is 0 Å². The fourth-order valence-corrected chi connectivity index (χ4v) is 4.83. The largest absolute Gasteiger partial charge is 0.391 e. The van der Waals surface area contributed by atoms with Gasteiger partial charge in [-0.1, -0.05) is 11.6 Å². The molecule has 2 aromatic heterocycles. The lowest BCUT2D eigenvalue weighted by Gasteiger charge is -2.28. The molecule has 0 unspecified atom stereocenters. The number of β-amino-alcohol motifs (C(OH)–C–C–N with tert-alkyl or cyclic N) is 1. The monoisotopic (exact) mass is 490 g/mol. The quantitative estimate of drug-likeness (QED) is 0.501. The minimum absolute atomic E-state index is 0.0144. The van der Waals surface area contributed by atoms with Gasteiger partial charge in [0.2, 0.25) is 11.9 Å². The van der Waals surface area contributed by atoms with Crippen LogP contribution in [0.5, 0.6) is 0 Å². The summed E-state index contributed by atoms with van der Waals surface area (Å²) in [5.41, 5.74) is 1.78. The molecule has 2 aliphatic rings. The van der Waals surface area contributed by atoms with E-state index in [0.29, 0.717) is 61.2 Å². The van der Waals surface area contributed by atoms with Crippen LogP contribution in [0.3, 0.4) is 0 Å². The molecule has 2 saturated heterocycles. The van der Waals surface area contributed by atoms with Crippen LogP contribution in [0.1, 0.15) is 32.7 Å². The second kappa shape index (κ2) is 9.26. The van der Waals surface area contributed by atoms with E-state index in [-0.39, 0.29) is 29.2 Å². The number of fused-ring (bicyclic) bond motifs is 1. The first-order valence-electron chi connectivity index (χ1n) is 11.5. The molecule has 0 bridgehead atoms. The number of hydrogen-bond acceptors (Lipinski definition) is 8. The van der Waals surface area contributed by atoms with Gasteiger partial charge in [0.15, 0.2) is 5.82 Å². The van der Waals surface area contributed by atoms with E-state index in [4.69, 9.17) is 16.3 Å². The first kappa shape index (κ1) is 23.2. The first-order chi connectivity index (χ1) is 16.3. The summed E-state index contributed by atoms with van der Waals surface area (Å²) in [5.74, 6) is 0.467. The fourth-order valence-electron chi connectivity index (χ4n) is 4.63. The second-order valence-corrected chi connectivity index (χ2v) is 9.57. The fraction of sp³-hybridized carbons (Fsp3) is 0.522. The van der Waals surface area contributed by atoms with Crippen molar-refractivity contribution in [2.45, 2.75) is 51.0 Å². The minimum Gasteiger partial charge on any atom is -0.391 e. The van der Waals surface area contributed by atoms with Gasteiger partial charge in [0.25, 0.3) is 0 Å². The number of nitrogens with one attached hydrogen (secondary N) is 1. The van der Waals surface area contributed by atoms with E-state index in [1.54, 1.807) is 0 Å². The Morgan fingerprint density at radius 1 is 1.24 bits per heavy atom. The lowest BCUT2D eigenvalue weighted by atomic mass is 10.1. The van der Waals surface area contributed by atoms with E-state index in [1.807, 2.05) is 29.4 Å². The van der Waals surface area contributed by atoms with Crippen molar-refractivity contribution in [1.82, 2.24) is 19.5 Å². The van der Waals surface area contributed by atoms with Crippen molar-refractivity contribution >= 4 is 34.5 Å². The first-order valence-corrected chi connectivity index (χ1v) is 11.9. The molecule has 0 amide bonds. The van der Waals surface area contributed by atoms with Gasteiger partial charge in [-0.2, -0.15) is 0 Å². The van der Waals surface area contributed by atoms with Crippen LogP contribution in [-0.2, 0) is 4.74 Å². The van der Waals surface area contributed by atoms with Gasteiger partial charge in [0.1, 0.15) is 5.52 Å². The minimum atomic E-state index is -0.673. The normalized spacial score (nSPS) is 23.3. The Bertz CT molecular complexity index is 1210. The van der Waals surface area contributed by atoms with E-state index in [1.165, 1.54) is 12.3 Å². The average molecular weight is 491 g/mol. The zero-order valence-corrected chi connectivity index (χ0v) is 19.8. The molecule has 3 aromatic rings. The molecule has 9 nitrogen and oxygen atoms in total. The number of ether oxygens (including phenoxy) is 1. The zero-order chi connectivity index (χ0) is 24.0. The highest BCUT2D eigenvalue weighted by Gasteiger charge is 2.28. The van der Waals surface area contributed by atoms with E-state index in [0.717, 1.165) is 0 Å². The molecular formula is C23H28ClFN6O3. The lowest BCUT2D eigenvalue weighted by molar-refractivity contribution is -0.0136. The Kier molecular flexibility index (Phi) is 6.32. The maximum absolute atomic E-state index is 15.3. The van der Waals surface area contributed by atoms with E-state index in [9.17, 15) is 10.2 Å². The Morgan fingerprint density at radius 2 is 2.06 bits per heavy atom. The summed E-state index contributed by atoms with van der Waals surface area (Å²) in [6.45, 7) is 5.94. The number of aliphatic hydroxyl groups excluding tert-OH is 2. The van der Waals surface area contributed by atoms with Crippen molar-refractivity contribution in [3.05, 3.63) is 29.2 Å². The van der Waals surface area contributed by atoms with E-state index in [2.05, 4.69) is 20.3 Å². The number of imidazole rings is 1. The van der Waals surface area contributed by atoms with Crippen LogP contribution in [0, 0.1) is 5.82 Å². The van der Waals surface area contributed by atoms with Crippen molar-refractivity contribution in [2.75, 3.05) is 36.5 Å². The number of benzene rings is 1. The van der Waals surface area contributed by atoms with Gasteiger partial charge in [0, 0.05) is 31.3 Å². The Balaban J connectivity index is 1.56. The summed E-state index contributed by atoms with van der Waals surface area (Å²) in [6, 6.07) is 2.98. The van der Waals surface area contributed by atoms with Crippen molar-refractivity contribution in [1.29, 1.82) is 0 Å². The standard InChI is InChI=1S/C23H28ClFN6O3/c1-12(2)31-18-8-13(7-16(25)21(18)29-23(31)30-5-3-14(32)10-30)20-15(24)9-26-22(28-20)27-17-4-6-34-11-19(17)33/h7-9,12,14,17,19,32-33H,3-6,10-11H2,1-2H3,(H,26,27,28)/t14-,17-,19-/m1/s1. The third-order valence-electron chi connectivity index (χ3n) is 6.35. The van der Waals surface area contributed by atoms with Crippen LogP contribution < -0.4 is 10.2 Å². The summed E-state index contributed by atoms with van der Waals surface area (Å²) in [6.07, 6.45) is 1.65. The molecule has 11 heteroatoms. The number of halogens is 2. The highest BCUT2D eigenvalue weighted by Crippen LogP contribution is 2.35. The van der Waals surface area contributed by atoms with Crippen LogP contribution >= 0.6 is 11.6 Å². The maximum atomic E-state index is 15.3. The highest BCUT2D eigenvalue weighted by molar-refractivity contribution is 6.33. The van der Waals surface area contributed by atoms with Gasteiger partial charge < -0.3 is 29.7 Å². The summed E-state index contributed by atoms with van der Waals surface area (Å²) >= 11 is 6.43. The van der Waals surface area contributed by atoms with E-state index >= 15 is 4.39 Å². The van der Waals surface area contributed by atoms with Crippen molar-refractivity contribution in [3.63, 3.8) is 0 Å². The van der Waals surface area contributed by atoms with Crippen LogP contribution in [0.2, 0.25) is 5.02 Å². The predicted molar refractivity (Wildman–Crippen MR) is 128 cm³/mol. The predicted octanol–water partition coefficient (Wildman–Crippen LogP) is 3.00. The molecular weight excluding hydrogens is 463 g/mol. The highest BCUT2D eigenvalue weighted by atomic mass is 35.5. The Hall–Kier alpha value is -2.53. The van der Waals surface area contributed by atoms with Gasteiger partial charge in [-0.05, 0) is 38.8 Å². The molecule has 4 heterocycles. The molecule has 0 saturated carbocycles. The van der Waals surface area contributed by atoms with Gasteiger partial charge >= 0.3 is 0 Å². The van der Waals surface area contributed by atoms with Crippen molar-refractivity contribution < 1.29 is 19.3 Å². The number of hydrogen-bond donors (Lipinski definition) is 3. The molecule has 2 aliphatic heterocycles. The summed E-state index contributed by atoms with van der Waals surface area (Å²) in [5, 5.41) is 23.6. The molecule has 1 aromatic carbocycles. The van der Waals surface area contributed by atoms with Gasteiger partial charge in [-0.15, -0.1) is 0 Å². The third kappa shape index (κ3) is 4.31. The maximum Gasteiger partial charge on any atom is 0.223 e. The van der Waals surface area contributed by atoms with E-state index < -0.39 is 18.0 Å². The molecule has 34 heavy (non-hydrogen) atoms. The summed E-state index contributed by atoms with van der Waals surface area (Å²) in [7, 11) is 0. The molecule has 5 rings (SSSR count). The van der Waals surface area contributed by atoms with Gasteiger partial charge in [0.05, 0.1) is 47.3 Å². The zero-order valence-electron chi connectivity index (χ0n) is 19.1. The smallest absolute Gasteiger partial charge is 0.223 e. The Morgan fingerprint density at radius 3 is 2.76 bits per heavy atom. The third-order valence-corrected chi connectivity index (χ3v) is 6.63. The van der Waals surface area contributed by atoms with Gasteiger partial charge in [-0.25, -0.2) is 19.3 Å². The molecule has 3 atom stereocenters. The molecule has 2 fully saturated rings. The Labute approximate surface area is 201 Å². The van der Waals surface area contributed by atoms with Crippen molar-refractivity contribution in [2.24, 2.45) is 0 Å². The summed E-state index contributed by atoms with van der Waals surface area (Å²) < 4.78 is 22.6. The van der Waals surface area contributed by atoms with Crippen molar-refractivity contribution in [3.8, 4) is 11.3 Å². The number of anilines is 2. The molecule has 0 spiro atoms. The SMILES string of the molecule is CC(C)n1c(N2CC[C@@H](O)C2)nc2c(F)cc(-c3nc(N[C@@H]4CCOC[C@H]4O)ncc3Cl)cc21.